The van der Waals surface area contributed by atoms with Crippen LogP contribution in [0.4, 0.5) is 5.82 Å². The van der Waals surface area contributed by atoms with Crippen molar-refractivity contribution in [3.63, 3.8) is 0 Å². The second kappa shape index (κ2) is 3.94. The van der Waals surface area contributed by atoms with Crippen LogP contribution in [-0.2, 0) is 0 Å². The molecule has 3 N–H and O–H groups in total. The van der Waals surface area contributed by atoms with E-state index >= 15 is 0 Å². The maximum absolute atomic E-state index is 5.73. The van der Waals surface area contributed by atoms with Gasteiger partial charge in [-0.25, -0.2) is 0 Å². The molecular weight excluding hydrogens is 230 g/mol. The van der Waals surface area contributed by atoms with E-state index in [1.54, 1.807) is 6.20 Å². The van der Waals surface area contributed by atoms with Crippen LogP contribution in [0.5, 0.6) is 11.5 Å². The number of anilines is 1. The van der Waals surface area contributed by atoms with Crippen molar-refractivity contribution in [2.75, 3.05) is 12.5 Å². The van der Waals surface area contributed by atoms with Crippen molar-refractivity contribution in [3.05, 3.63) is 24.4 Å². The van der Waals surface area contributed by atoms with Gasteiger partial charge in [0, 0.05) is 5.56 Å². The van der Waals surface area contributed by atoms with Gasteiger partial charge in [-0.3, -0.25) is 5.10 Å². The highest BCUT2D eigenvalue weighted by Crippen LogP contribution is 2.36. The number of hydrogen-bond acceptors (Lipinski definition) is 4. The van der Waals surface area contributed by atoms with Crippen molar-refractivity contribution < 1.29 is 9.47 Å². The van der Waals surface area contributed by atoms with Gasteiger partial charge in [-0.2, -0.15) is 5.10 Å². The Hall–Kier alpha value is -1.88. The fourth-order valence-electron chi connectivity index (χ4n) is 1.59. The highest BCUT2D eigenvalue weighted by Gasteiger charge is 2.15. The molecular formula is C10H10ClN3O2. The fraction of sp³-hybridized carbons (Fsp3) is 0.100. The van der Waals surface area contributed by atoms with Gasteiger partial charge in [-0.15, -0.1) is 12.4 Å². The second-order valence-electron chi connectivity index (χ2n) is 3.27. The molecule has 0 radical (unpaired) electrons. The predicted octanol–water partition coefficient (Wildman–Crippen LogP) is 1.81. The number of hydrogen-bond donors (Lipinski definition) is 2. The Labute approximate surface area is 98.0 Å². The van der Waals surface area contributed by atoms with E-state index in [-0.39, 0.29) is 19.2 Å². The topological polar surface area (TPSA) is 73.2 Å². The zero-order chi connectivity index (χ0) is 10.3. The molecule has 0 amide bonds. The van der Waals surface area contributed by atoms with Crippen LogP contribution in [0, 0.1) is 0 Å². The van der Waals surface area contributed by atoms with Crippen molar-refractivity contribution in [2.45, 2.75) is 0 Å². The summed E-state index contributed by atoms with van der Waals surface area (Å²) in [5, 5.41) is 6.56. The molecule has 3 rings (SSSR count). The first kappa shape index (κ1) is 10.6. The molecule has 0 aliphatic carbocycles. The van der Waals surface area contributed by atoms with Crippen molar-refractivity contribution >= 4 is 18.2 Å². The molecule has 1 aliphatic heterocycles. The van der Waals surface area contributed by atoms with E-state index in [1.165, 1.54) is 0 Å². The summed E-state index contributed by atoms with van der Waals surface area (Å²) >= 11 is 0. The summed E-state index contributed by atoms with van der Waals surface area (Å²) in [4.78, 5) is 0. The quantitative estimate of drug-likeness (QED) is 0.796. The summed E-state index contributed by atoms with van der Waals surface area (Å²) in [6, 6.07) is 5.68. The number of ether oxygens (including phenoxy) is 2. The minimum Gasteiger partial charge on any atom is -0.454 e. The smallest absolute Gasteiger partial charge is 0.231 e. The van der Waals surface area contributed by atoms with Gasteiger partial charge in [-0.1, -0.05) is 6.07 Å². The Kier molecular flexibility index (Phi) is 2.62. The SMILES string of the molecule is Cl.Nc1[nH]ncc1-c1ccc2c(c1)OCO2. The van der Waals surface area contributed by atoms with Crippen molar-refractivity contribution in [1.82, 2.24) is 10.2 Å². The maximum Gasteiger partial charge on any atom is 0.231 e. The van der Waals surface area contributed by atoms with E-state index in [1.807, 2.05) is 18.2 Å². The van der Waals surface area contributed by atoms with Crippen LogP contribution in [0.15, 0.2) is 24.4 Å². The molecule has 1 aliphatic rings. The minimum absolute atomic E-state index is 0. The monoisotopic (exact) mass is 239 g/mol. The molecule has 0 bridgehead atoms. The molecule has 0 atom stereocenters. The average molecular weight is 240 g/mol. The van der Waals surface area contributed by atoms with Gasteiger partial charge >= 0.3 is 0 Å². The van der Waals surface area contributed by atoms with Crippen LogP contribution in [-0.4, -0.2) is 17.0 Å². The molecule has 6 heteroatoms. The Bertz CT molecular complexity index is 513. The lowest BCUT2D eigenvalue weighted by Gasteiger charge is -2.01. The number of nitrogens with zero attached hydrogens (tertiary/aromatic N) is 1. The van der Waals surface area contributed by atoms with Gasteiger partial charge in [0.05, 0.1) is 6.20 Å². The standard InChI is InChI=1S/C10H9N3O2.ClH/c11-10-7(4-12-13-10)6-1-2-8-9(3-6)15-5-14-8;/h1-4H,5H2,(H3,11,12,13);1H. The predicted molar refractivity (Wildman–Crippen MR) is 61.8 cm³/mol. The third kappa shape index (κ3) is 1.55. The summed E-state index contributed by atoms with van der Waals surface area (Å²) < 4.78 is 10.5. The molecule has 0 unspecified atom stereocenters. The van der Waals surface area contributed by atoms with Gasteiger partial charge in [0.15, 0.2) is 11.5 Å². The number of rotatable bonds is 1. The molecule has 16 heavy (non-hydrogen) atoms. The van der Waals surface area contributed by atoms with Gasteiger partial charge in [0.25, 0.3) is 0 Å². The maximum atomic E-state index is 5.73. The first-order chi connectivity index (χ1) is 7.34. The highest BCUT2D eigenvalue weighted by atomic mass is 35.5. The highest BCUT2D eigenvalue weighted by molar-refractivity contribution is 5.85. The van der Waals surface area contributed by atoms with Gasteiger partial charge < -0.3 is 15.2 Å². The first-order valence-corrected chi connectivity index (χ1v) is 4.53. The van der Waals surface area contributed by atoms with E-state index in [2.05, 4.69) is 10.2 Å². The van der Waals surface area contributed by atoms with Gasteiger partial charge in [0.1, 0.15) is 5.82 Å². The molecule has 0 saturated heterocycles. The molecule has 2 aromatic rings. The van der Waals surface area contributed by atoms with E-state index in [0.29, 0.717) is 5.82 Å². The minimum atomic E-state index is 0. The van der Waals surface area contributed by atoms with Crippen molar-refractivity contribution in [3.8, 4) is 22.6 Å². The van der Waals surface area contributed by atoms with Crippen molar-refractivity contribution in [2.24, 2.45) is 0 Å². The number of H-pyrrole nitrogens is 1. The Morgan fingerprint density at radius 1 is 1.25 bits per heavy atom. The van der Waals surface area contributed by atoms with Crippen LogP contribution in [0.2, 0.25) is 0 Å². The van der Waals surface area contributed by atoms with Gasteiger partial charge in [-0.05, 0) is 17.7 Å². The third-order valence-electron chi connectivity index (χ3n) is 2.35. The van der Waals surface area contributed by atoms with Crippen LogP contribution >= 0.6 is 12.4 Å². The number of halogens is 1. The van der Waals surface area contributed by atoms with E-state index in [4.69, 9.17) is 15.2 Å². The number of nitrogen functional groups attached to an aromatic ring is 1. The Morgan fingerprint density at radius 3 is 2.81 bits per heavy atom. The van der Waals surface area contributed by atoms with Crippen LogP contribution < -0.4 is 15.2 Å². The molecule has 0 saturated carbocycles. The molecule has 1 aromatic heterocycles. The van der Waals surface area contributed by atoms with Crippen LogP contribution in [0.25, 0.3) is 11.1 Å². The first-order valence-electron chi connectivity index (χ1n) is 4.53. The molecule has 1 aromatic carbocycles. The fourth-order valence-corrected chi connectivity index (χ4v) is 1.59. The summed E-state index contributed by atoms with van der Waals surface area (Å²) in [7, 11) is 0. The van der Waals surface area contributed by atoms with E-state index in [0.717, 1.165) is 22.6 Å². The number of aromatic nitrogens is 2. The summed E-state index contributed by atoms with van der Waals surface area (Å²) in [5.41, 5.74) is 7.56. The Morgan fingerprint density at radius 2 is 2.06 bits per heavy atom. The number of aromatic amines is 1. The summed E-state index contributed by atoms with van der Waals surface area (Å²) in [6.45, 7) is 0.277. The lowest BCUT2D eigenvalue weighted by Crippen LogP contribution is -1.92. The molecule has 84 valence electrons. The van der Waals surface area contributed by atoms with E-state index in [9.17, 15) is 0 Å². The lowest BCUT2D eigenvalue weighted by molar-refractivity contribution is 0.174. The Balaban J connectivity index is 0.000000963. The zero-order valence-corrected chi connectivity index (χ0v) is 9.08. The van der Waals surface area contributed by atoms with Crippen LogP contribution in [0.1, 0.15) is 0 Å². The normalized spacial score (nSPS) is 12.2. The van der Waals surface area contributed by atoms with Crippen LogP contribution in [0.3, 0.4) is 0 Å². The number of nitrogens with one attached hydrogen (secondary N) is 1. The summed E-state index contributed by atoms with van der Waals surface area (Å²) in [5.74, 6) is 2.06. The zero-order valence-electron chi connectivity index (χ0n) is 8.27. The van der Waals surface area contributed by atoms with Gasteiger partial charge in [0.2, 0.25) is 6.79 Å². The number of benzene rings is 1. The number of fused-ring (bicyclic) bond motifs is 1. The molecule has 5 nitrogen and oxygen atoms in total. The number of nitrogens with two attached hydrogens (primary N) is 1. The largest absolute Gasteiger partial charge is 0.454 e. The third-order valence-corrected chi connectivity index (χ3v) is 2.35. The molecule has 0 fully saturated rings. The van der Waals surface area contributed by atoms with Crippen molar-refractivity contribution in [1.29, 1.82) is 0 Å². The molecule has 0 spiro atoms. The molecule has 2 heterocycles. The second-order valence-corrected chi connectivity index (χ2v) is 3.27. The van der Waals surface area contributed by atoms with E-state index < -0.39 is 0 Å². The average Bonchev–Trinajstić information content (AvgIpc) is 2.84. The lowest BCUT2D eigenvalue weighted by atomic mass is 10.1. The summed E-state index contributed by atoms with van der Waals surface area (Å²) in [6.07, 6.45) is 1.69.